The SMILES string of the molecule is CC(C)(C)OC(=O)[C@@H]1CNC[C@@H](N2CCOCC2)C1. The highest BCUT2D eigenvalue weighted by Gasteiger charge is 2.33. The fourth-order valence-corrected chi connectivity index (χ4v) is 2.70. The van der Waals surface area contributed by atoms with Crippen molar-refractivity contribution in [1.82, 2.24) is 10.2 Å². The molecule has 0 aromatic carbocycles. The van der Waals surface area contributed by atoms with Gasteiger partial charge < -0.3 is 14.8 Å². The number of carbonyl (C=O) groups is 1. The lowest BCUT2D eigenvalue weighted by Crippen LogP contribution is -2.54. The van der Waals surface area contributed by atoms with Crippen molar-refractivity contribution in [3.63, 3.8) is 0 Å². The summed E-state index contributed by atoms with van der Waals surface area (Å²) < 4.78 is 10.9. The van der Waals surface area contributed by atoms with E-state index in [1.165, 1.54) is 0 Å². The number of piperidine rings is 1. The van der Waals surface area contributed by atoms with E-state index in [2.05, 4.69) is 10.2 Å². The maximum Gasteiger partial charge on any atom is 0.310 e. The molecule has 5 nitrogen and oxygen atoms in total. The first kappa shape index (κ1) is 14.8. The molecular weight excluding hydrogens is 244 g/mol. The summed E-state index contributed by atoms with van der Waals surface area (Å²) in [5.74, 6) is -0.0984. The van der Waals surface area contributed by atoms with Gasteiger partial charge in [-0.15, -0.1) is 0 Å². The first-order valence-corrected chi connectivity index (χ1v) is 7.21. The highest BCUT2D eigenvalue weighted by Crippen LogP contribution is 2.20. The predicted molar refractivity (Wildman–Crippen MR) is 73.0 cm³/mol. The molecule has 2 rings (SSSR count). The molecule has 0 radical (unpaired) electrons. The Hall–Kier alpha value is -0.650. The van der Waals surface area contributed by atoms with Crippen LogP contribution >= 0.6 is 0 Å². The van der Waals surface area contributed by atoms with Crippen molar-refractivity contribution in [3.8, 4) is 0 Å². The Balaban J connectivity index is 1.87. The number of esters is 1. The fourth-order valence-electron chi connectivity index (χ4n) is 2.70. The number of hydrogen-bond acceptors (Lipinski definition) is 5. The molecule has 2 fully saturated rings. The van der Waals surface area contributed by atoms with Crippen LogP contribution < -0.4 is 5.32 Å². The second-order valence-corrected chi connectivity index (χ2v) is 6.43. The van der Waals surface area contributed by atoms with Gasteiger partial charge >= 0.3 is 5.97 Å². The van der Waals surface area contributed by atoms with E-state index in [1.807, 2.05) is 20.8 Å². The van der Waals surface area contributed by atoms with Crippen LogP contribution in [0.1, 0.15) is 27.2 Å². The molecule has 0 aromatic rings. The molecule has 0 aliphatic carbocycles. The summed E-state index contributed by atoms with van der Waals surface area (Å²) >= 11 is 0. The fraction of sp³-hybridized carbons (Fsp3) is 0.929. The molecule has 2 aliphatic rings. The van der Waals surface area contributed by atoms with E-state index >= 15 is 0 Å². The highest BCUT2D eigenvalue weighted by atomic mass is 16.6. The largest absolute Gasteiger partial charge is 0.460 e. The Bertz CT molecular complexity index is 308. The van der Waals surface area contributed by atoms with Crippen LogP contribution in [0.15, 0.2) is 0 Å². The smallest absolute Gasteiger partial charge is 0.310 e. The van der Waals surface area contributed by atoms with Crippen LogP contribution in [0.5, 0.6) is 0 Å². The van der Waals surface area contributed by atoms with E-state index in [0.717, 1.165) is 45.8 Å². The van der Waals surface area contributed by atoms with Crippen molar-refractivity contribution in [3.05, 3.63) is 0 Å². The number of nitrogens with one attached hydrogen (secondary N) is 1. The molecule has 0 unspecified atom stereocenters. The van der Waals surface area contributed by atoms with Crippen molar-refractivity contribution in [2.75, 3.05) is 39.4 Å². The van der Waals surface area contributed by atoms with E-state index in [1.54, 1.807) is 0 Å². The predicted octanol–water partition coefficient (Wildman–Crippen LogP) is 0.638. The topological polar surface area (TPSA) is 50.8 Å². The lowest BCUT2D eigenvalue weighted by Gasteiger charge is -2.39. The summed E-state index contributed by atoms with van der Waals surface area (Å²) in [7, 11) is 0. The van der Waals surface area contributed by atoms with Crippen LogP contribution in [-0.4, -0.2) is 61.9 Å². The van der Waals surface area contributed by atoms with Crippen molar-refractivity contribution >= 4 is 5.97 Å². The number of hydrogen-bond donors (Lipinski definition) is 1. The van der Waals surface area contributed by atoms with E-state index in [4.69, 9.17) is 9.47 Å². The molecule has 0 aromatic heterocycles. The van der Waals surface area contributed by atoms with Gasteiger partial charge in [0.2, 0.25) is 0 Å². The Morgan fingerprint density at radius 1 is 1.26 bits per heavy atom. The zero-order valence-corrected chi connectivity index (χ0v) is 12.3. The van der Waals surface area contributed by atoms with Crippen molar-refractivity contribution in [2.45, 2.75) is 38.8 Å². The van der Waals surface area contributed by atoms with Gasteiger partial charge in [0, 0.05) is 32.2 Å². The third-order valence-corrected chi connectivity index (χ3v) is 3.63. The molecule has 2 aliphatic heterocycles. The molecule has 2 atom stereocenters. The van der Waals surface area contributed by atoms with E-state index < -0.39 is 5.60 Å². The van der Waals surface area contributed by atoms with Gasteiger partial charge in [-0.1, -0.05) is 0 Å². The van der Waals surface area contributed by atoms with Gasteiger partial charge in [0.25, 0.3) is 0 Å². The Morgan fingerprint density at radius 2 is 1.95 bits per heavy atom. The van der Waals surface area contributed by atoms with E-state index in [0.29, 0.717) is 6.04 Å². The zero-order chi connectivity index (χ0) is 13.9. The average molecular weight is 270 g/mol. The van der Waals surface area contributed by atoms with Crippen molar-refractivity contribution < 1.29 is 14.3 Å². The maximum atomic E-state index is 12.1. The second-order valence-electron chi connectivity index (χ2n) is 6.43. The van der Waals surface area contributed by atoms with Crippen LogP contribution in [0, 0.1) is 5.92 Å². The number of nitrogens with zero attached hydrogens (tertiary/aromatic N) is 1. The Kier molecular flexibility index (Phi) is 4.81. The third kappa shape index (κ3) is 4.44. The minimum absolute atomic E-state index is 0.0270. The minimum atomic E-state index is -0.400. The molecule has 0 spiro atoms. The van der Waals surface area contributed by atoms with Gasteiger partial charge in [-0.3, -0.25) is 9.69 Å². The van der Waals surface area contributed by atoms with Crippen LogP contribution in [-0.2, 0) is 14.3 Å². The second kappa shape index (κ2) is 6.20. The van der Waals surface area contributed by atoms with Gasteiger partial charge in [0.15, 0.2) is 0 Å². The van der Waals surface area contributed by atoms with E-state index in [-0.39, 0.29) is 11.9 Å². The molecule has 0 amide bonds. The number of carbonyl (C=O) groups excluding carboxylic acids is 1. The third-order valence-electron chi connectivity index (χ3n) is 3.63. The lowest BCUT2D eigenvalue weighted by atomic mass is 9.94. The first-order valence-electron chi connectivity index (χ1n) is 7.21. The first-order chi connectivity index (χ1) is 8.96. The summed E-state index contributed by atoms with van der Waals surface area (Å²) in [4.78, 5) is 14.6. The van der Waals surface area contributed by atoms with Crippen LogP contribution in [0.4, 0.5) is 0 Å². The number of rotatable bonds is 2. The Morgan fingerprint density at radius 3 is 2.58 bits per heavy atom. The summed E-state index contributed by atoms with van der Waals surface area (Å²) in [5, 5.41) is 3.37. The minimum Gasteiger partial charge on any atom is -0.460 e. The van der Waals surface area contributed by atoms with Crippen molar-refractivity contribution in [2.24, 2.45) is 5.92 Å². The summed E-state index contributed by atoms with van der Waals surface area (Å²) in [6.45, 7) is 11.0. The van der Waals surface area contributed by atoms with Gasteiger partial charge in [-0.2, -0.15) is 0 Å². The van der Waals surface area contributed by atoms with Crippen LogP contribution in [0.25, 0.3) is 0 Å². The monoisotopic (exact) mass is 270 g/mol. The van der Waals surface area contributed by atoms with Gasteiger partial charge in [0.05, 0.1) is 19.1 Å². The molecular formula is C14H26N2O3. The highest BCUT2D eigenvalue weighted by molar-refractivity contribution is 5.73. The van der Waals surface area contributed by atoms with Crippen LogP contribution in [0.3, 0.4) is 0 Å². The summed E-state index contributed by atoms with van der Waals surface area (Å²) in [5.41, 5.74) is -0.400. The molecule has 110 valence electrons. The van der Waals surface area contributed by atoms with Crippen molar-refractivity contribution in [1.29, 1.82) is 0 Å². The van der Waals surface area contributed by atoms with Gasteiger partial charge in [0.1, 0.15) is 5.60 Å². The molecule has 2 heterocycles. The summed E-state index contributed by atoms with van der Waals surface area (Å²) in [6.07, 6.45) is 0.891. The molecule has 0 bridgehead atoms. The molecule has 2 saturated heterocycles. The Labute approximate surface area is 115 Å². The van der Waals surface area contributed by atoms with Gasteiger partial charge in [-0.05, 0) is 27.2 Å². The number of ether oxygens (including phenoxy) is 2. The molecule has 1 N–H and O–H groups in total. The van der Waals surface area contributed by atoms with Gasteiger partial charge in [-0.25, -0.2) is 0 Å². The lowest BCUT2D eigenvalue weighted by molar-refractivity contribution is -0.161. The quantitative estimate of drug-likeness (QED) is 0.746. The van der Waals surface area contributed by atoms with E-state index in [9.17, 15) is 4.79 Å². The number of morpholine rings is 1. The summed E-state index contributed by atoms with van der Waals surface area (Å²) in [6, 6.07) is 0.426. The zero-order valence-electron chi connectivity index (χ0n) is 12.3. The normalized spacial score (nSPS) is 30.1. The molecule has 0 saturated carbocycles. The average Bonchev–Trinajstić information content (AvgIpc) is 2.38. The standard InChI is InChI=1S/C14H26N2O3/c1-14(2,3)19-13(17)11-8-12(10-15-9-11)16-4-6-18-7-5-16/h11-12,15H,4-10H2,1-3H3/t11-,12-/m0/s1. The molecule has 5 heteroatoms. The molecule has 19 heavy (non-hydrogen) atoms. The van der Waals surface area contributed by atoms with Crippen LogP contribution in [0.2, 0.25) is 0 Å². The maximum absolute atomic E-state index is 12.1.